The molecule has 144 valence electrons. The second kappa shape index (κ2) is 7.64. The molecule has 0 unspecified atom stereocenters. The Morgan fingerprint density at radius 2 is 1.39 bits per heavy atom. The van der Waals surface area contributed by atoms with E-state index in [1.54, 1.807) is 63.2 Å². The quantitative estimate of drug-likeness (QED) is 0.628. The van der Waals surface area contributed by atoms with Crippen molar-refractivity contribution < 1.29 is 19.2 Å². The molecule has 1 heterocycles. The molecule has 2 N–H and O–H groups in total. The second-order valence-electron chi connectivity index (χ2n) is 6.97. The van der Waals surface area contributed by atoms with E-state index in [1.807, 2.05) is 6.07 Å². The van der Waals surface area contributed by atoms with Gasteiger partial charge in [-0.15, -0.1) is 0 Å². The summed E-state index contributed by atoms with van der Waals surface area (Å²) in [6.45, 7) is 5.25. The highest BCUT2D eigenvalue weighted by molar-refractivity contribution is 6.22. The summed E-state index contributed by atoms with van der Waals surface area (Å²) in [6, 6.07) is 12.4. The maximum absolute atomic E-state index is 12.8. The summed E-state index contributed by atoms with van der Waals surface area (Å²) in [5, 5.41) is 0. The minimum absolute atomic E-state index is 0.273. The number of aryl methyl sites for hydroxylation is 1. The molecule has 2 aromatic carbocycles. The fourth-order valence-corrected chi connectivity index (χ4v) is 3.27. The SMILES string of the molecule is Cc1ccccc1C(=O)NNC(=O)[C@H](C(C)C)N1C(=O)c2ccccc2C1=O. The molecule has 7 nitrogen and oxygen atoms in total. The molecule has 1 aliphatic rings. The van der Waals surface area contributed by atoms with Crippen molar-refractivity contribution in [2.75, 3.05) is 0 Å². The molecular formula is C21H21N3O4. The third kappa shape index (κ3) is 3.38. The van der Waals surface area contributed by atoms with Gasteiger partial charge in [0.05, 0.1) is 11.1 Å². The lowest BCUT2D eigenvalue weighted by Crippen LogP contribution is -2.56. The van der Waals surface area contributed by atoms with Crippen LogP contribution in [-0.4, -0.2) is 34.6 Å². The van der Waals surface area contributed by atoms with E-state index in [2.05, 4.69) is 10.9 Å². The van der Waals surface area contributed by atoms with Crippen molar-refractivity contribution in [1.82, 2.24) is 15.8 Å². The minimum Gasteiger partial charge on any atom is -0.271 e. The molecule has 28 heavy (non-hydrogen) atoms. The van der Waals surface area contributed by atoms with E-state index in [0.717, 1.165) is 10.5 Å². The topological polar surface area (TPSA) is 95.6 Å². The molecule has 4 amide bonds. The van der Waals surface area contributed by atoms with Crippen LogP contribution in [0.2, 0.25) is 0 Å². The summed E-state index contributed by atoms with van der Waals surface area (Å²) in [7, 11) is 0. The first-order valence-corrected chi connectivity index (χ1v) is 8.95. The van der Waals surface area contributed by atoms with Crippen LogP contribution >= 0.6 is 0 Å². The van der Waals surface area contributed by atoms with Crippen LogP contribution in [0.25, 0.3) is 0 Å². The molecule has 2 aromatic rings. The number of carbonyl (C=O) groups is 4. The molecule has 0 fully saturated rings. The highest BCUT2D eigenvalue weighted by Crippen LogP contribution is 2.27. The summed E-state index contributed by atoms with van der Waals surface area (Å²) >= 11 is 0. The van der Waals surface area contributed by atoms with Gasteiger partial charge in [0.1, 0.15) is 6.04 Å². The predicted molar refractivity (Wildman–Crippen MR) is 102 cm³/mol. The zero-order chi connectivity index (χ0) is 20.4. The Labute approximate surface area is 162 Å². The van der Waals surface area contributed by atoms with Gasteiger partial charge in [-0.25, -0.2) is 0 Å². The average molecular weight is 379 g/mol. The monoisotopic (exact) mass is 379 g/mol. The van der Waals surface area contributed by atoms with Gasteiger partial charge in [0.15, 0.2) is 0 Å². The van der Waals surface area contributed by atoms with E-state index in [4.69, 9.17) is 0 Å². The van der Waals surface area contributed by atoms with Crippen LogP contribution in [0.1, 0.15) is 50.5 Å². The van der Waals surface area contributed by atoms with E-state index in [-0.39, 0.29) is 17.0 Å². The van der Waals surface area contributed by atoms with Gasteiger partial charge < -0.3 is 0 Å². The lowest BCUT2D eigenvalue weighted by Gasteiger charge is -2.28. The van der Waals surface area contributed by atoms with Crippen molar-refractivity contribution >= 4 is 23.6 Å². The van der Waals surface area contributed by atoms with Gasteiger partial charge in [0.2, 0.25) is 0 Å². The Hall–Kier alpha value is -3.48. The molecule has 3 rings (SSSR count). The lowest BCUT2D eigenvalue weighted by molar-refractivity contribution is -0.127. The molecule has 0 saturated carbocycles. The largest absolute Gasteiger partial charge is 0.271 e. The van der Waals surface area contributed by atoms with E-state index in [0.29, 0.717) is 5.56 Å². The van der Waals surface area contributed by atoms with Gasteiger partial charge in [-0.05, 0) is 36.6 Å². The highest BCUT2D eigenvalue weighted by atomic mass is 16.2. The molecule has 1 aliphatic heterocycles. The Morgan fingerprint density at radius 3 is 1.93 bits per heavy atom. The number of nitrogens with one attached hydrogen (secondary N) is 2. The van der Waals surface area contributed by atoms with E-state index in [1.165, 1.54) is 0 Å². The molecule has 0 radical (unpaired) electrons. The number of carbonyl (C=O) groups excluding carboxylic acids is 4. The summed E-state index contributed by atoms with van der Waals surface area (Å²) in [4.78, 5) is 51.4. The maximum Gasteiger partial charge on any atom is 0.269 e. The van der Waals surface area contributed by atoms with Crippen molar-refractivity contribution in [1.29, 1.82) is 0 Å². The number of fused-ring (bicyclic) bond motifs is 1. The first kappa shape index (κ1) is 19.3. The number of hydrazine groups is 1. The van der Waals surface area contributed by atoms with Crippen molar-refractivity contribution in [3.8, 4) is 0 Å². The van der Waals surface area contributed by atoms with Crippen LogP contribution < -0.4 is 10.9 Å². The first-order valence-electron chi connectivity index (χ1n) is 8.95. The number of imide groups is 1. The molecule has 7 heteroatoms. The van der Waals surface area contributed by atoms with Crippen LogP contribution in [-0.2, 0) is 4.79 Å². The molecule has 0 saturated heterocycles. The number of nitrogens with zero attached hydrogens (tertiary/aromatic N) is 1. The summed E-state index contributed by atoms with van der Waals surface area (Å²) < 4.78 is 0. The minimum atomic E-state index is -1.05. The number of hydrogen-bond acceptors (Lipinski definition) is 4. The number of hydrogen-bond donors (Lipinski definition) is 2. The number of amides is 4. The van der Waals surface area contributed by atoms with Gasteiger partial charge >= 0.3 is 0 Å². The van der Waals surface area contributed by atoms with Crippen LogP contribution in [0.15, 0.2) is 48.5 Å². The standard InChI is InChI=1S/C21H21N3O4/c1-12(2)17(24-20(27)15-10-6-7-11-16(15)21(24)28)19(26)23-22-18(25)14-9-5-4-8-13(14)3/h4-12,17H,1-3H3,(H,22,25)(H,23,26)/t17-/m0/s1. The molecule has 1 atom stereocenters. The Kier molecular flexibility index (Phi) is 5.26. The van der Waals surface area contributed by atoms with Crippen LogP contribution in [0, 0.1) is 12.8 Å². The lowest BCUT2D eigenvalue weighted by atomic mass is 10.0. The molecular weight excluding hydrogens is 358 g/mol. The van der Waals surface area contributed by atoms with Gasteiger partial charge in [0.25, 0.3) is 23.6 Å². The van der Waals surface area contributed by atoms with Gasteiger partial charge in [-0.1, -0.05) is 44.2 Å². The normalized spacial score (nSPS) is 14.1. The van der Waals surface area contributed by atoms with Crippen LogP contribution in [0.5, 0.6) is 0 Å². The van der Waals surface area contributed by atoms with Gasteiger partial charge in [-0.2, -0.15) is 0 Å². The smallest absolute Gasteiger partial charge is 0.269 e. The highest BCUT2D eigenvalue weighted by Gasteiger charge is 2.44. The zero-order valence-electron chi connectivity index (χ0n) is 15.9. The van der Waals surface area contributed by atoms with Crippen LogP contribution in [0.3, 0.4) is 0 Å². The number of rotatable bonds is 4. The summed E-state index contributed by atoms with van der Waals surface area (Å²) in [5.41, 5.74) is 6.44. The van der Waals surface area contributed by atoms with E-state index < -0.39 is 29.7 Å². The Balaban J connectivity index is 1.77. The average Bonchev–Trinajstić information content (AvgIpc) is 2.92. The maximum atomic E-state index is 12.8. The molecule has 0 aliphatic carbocycles. The van der Waals surface area contributed by atoms with Crippen molar-refractivity contribution in [3.63, 3.8) is 0 Å². The predicted octanol–water partition coefficient (Wildman–Crippen LogP) is 2.08. The first-order chi connectivity index (χ1) is 13.3. The molecule has 0 spiro atoms. The summed E-state index contributed by atoms with van der Waals surface area (Å²) in [5.74, 6) is -2.49. The Bertz CT molecular complexity index is 933. The van der Waals surface area contributed by atoms with Gasteiger partial charge in [0, 0.05) is 5.56 Å². The van der Waals surface area contributed by atoms with Crippen molar-refractivity contribution in [2.24, 2.45) is 5.92 Å². The molecule has 0 bridgehead atoms. The van der Waals surface area contributed by atoms with Crippen LogP contribution in [0.4, 0.5) is 0 Å². The third-order valence-corrected chi connectivity index (χ3v) is 4.69. The van der Waals surface area contributed by atoms with Gasteiger partial charge in [-0.3, -0.25) is 34.9 Å². The number of benzene rings is 2. The van der Waals surface area contributed by atoms with Crippen molar-refractivity contribution in [2.45, 2.75) is 26.8 Å². The fourth-order valence-electron chi connectivity index (χ4n) is 3.27. The van der Waals surface area contributed by atoms with E-state index >= 15 is 0 Å². The fraction of sp³-hybridized carbons (Fsp3) is 0.238. The third-order valence-electron chi connectivity index (χ3n) is 4.69. The second-order valence-corrected chi connectivity index (χ2v) is 6.97. The van der Waals surface area contributed by atoms with E-state index in [9.17, 15) is 19.2 Å². The summed E-state index contributed by atoms with van der Waals surface area (Å²) in [6.07, 6.45) is 0. The molecule has 0 aromatic heterocycles. The zero-order valence-corrected chi connectivity index (χ0v) is 15.9. The van der Waals surface area contributed by atoms with Crippen molar-refractivity contribution in [3.05, 3.63) is 70.8 Å². The Morgan fingerprint density at radius 1 is 0.857 bits per heavy atom.